The Kier molecular flexibility index (Phi) is 7.38. The van der Waals surface area contributed by atoms with E-state index in [1.54, 1.807) is 30.3 Å². The predicted molar refractivity (Wildman–Crippen MR) is 138 cm³/mol. The van der Waals surface area contributed by atoms with Crippen molar-refractivity contribution in [3.8, 4) is 34.1 Å². The van der Waals surface area contributed by atoms with Crippen molar-refractivity contribution in [3.05, 3.63) is 82.2 Å². The van der Waals surface area contributed by atoms with Gasteiger partial charge in [-0.1, -0.05) is 18.2 Å². The number of benzene rings is 3. The van der Waals surface area contributed by atoms with Crippen molar-refractivity contribution >= 4 is 16.9 Å². The first-order chi connectivity index (χ1) is 17.7. The van der Waals surface area contributed by atoms with Gasteiger partial charge in [-0.15, -0.1) is 0 Å². The van der Waals surface area contributed by atoms with Crippen LogP contribution >= 0.6 is 0 Å². The number of carbonyl (C=O) groups excluding carboxylic acids is 1. The van der Waals surface area contributed by atoms with Crippen LogP contribution in [0, 0.1) is 0 Å². The summed E-state index contributed by atoms with van der Waals surface area (Å²) < 4.78 is 22.2. The fourth-order valence-corrected chi connectivity index (χ4v) is 4.28. The van der Waals surface area contributed by atoms with Gasteiger partial charge in [0.15, 0.2) is 11.5 Å². The highest BCUT2D eigenvalue weighted by Crippen LogP contribution is 2.42. The van der Waals surface area contributed by atoms with Crippen molar-refractivity contribution < 1.29 is 33.6 Å². The van der Waals surface area contributed by atoms with Gasteiger partial charge in [-0.3, -0.25) is 9.59 Å². The summed E-state index contributed by atoms with van der Waals surface area (Å²) in [5.74, 6) is -0.302. The molecule has 1 heterocycles. The molecule has 0 unspecified atom stereocenters. The quantitative estimate of drug-likeness (QED) is 0.308. The van der Waals surface area contributed by atoms with Crippen molar-refractivity contribution in [2.75, 3.05) is 14.2 Å². The Morgan fingerprint density at radius 2 is 1.70 bits per heavy atom. The van der Waals surface area contributed by atoms with E-state index in [1.165, 1.54) is 44.7 Å². The molecule has 0 saturated carbocycles. The van der Waals surface area contributed by atoms with Crippen LogP contribution in [0.15, 0.2) is 70.1 Å². The lowest BCUT2D eigenvalue weighted by Crippen LogP contribution is -2.13. The Hall–Kier alpha value is -4.46. The SMILES string of the molecule is COC(=O)C[C@H](c1ccc(OC(C)C)c(OC)c1)c1c(O)ccc2c(=O)c(-c3ccc(O)cc3)coc12. The van der Waals surface area contributed by atoms with Crippen molar-refractivity contribution in [1.82, 2.24) is 0 Å². The van der Waals surface area contributed by atoms with E-state index in [1.807, 2.05) is 13.8 Å². The average Bonchev–Trinajstić information content (AvgIpc) is 2.88. The van der Waals surface area contributed by atoms with Crippen LogP contribution in [-0.2, 0) is 9.53 Å². The number of aromatic hydroxyl groups is 2. The first-order valence-corrected chi connectivity index (χ1v) is 11.7. The molecule has 192 valence electrons. The Balaban J connectivity index is 1.91. The summed E-state index contributed by atoms with van der Waals surface area (Å²) in [4.78, 5) is 25.9. The van der Waals surface area contributed by atoms with Gasteiger partial charge in [-0.05, 0) is 61.4 Å². The zero-order valence-corrected chi connectivity index (χ0v) is 21.0. The van der Waals surface area contributed by atoms with Crippen LogP contribution in [-0.4, -0.2) is 36.5 Å². The summed E-state index contributed by atoms with van der Waals surface area (Å²) in [5, 5.41) is 20.8. The minimum absolute atomic E-state index is 0.0760. The van der Waals surface area contributed by atoms with Crippen LogP contribution < -0.4 is 14.9 Å². The number of hydrogen-bond donors (Lipinski definition) is 2. The zero-order chi connectivity index (χ0) is 26.7. The molecular weight excluding hydrogens is 476 g/mol. The standard InChI is InChI=1S/C29H28O8/c1-16(2)37-24-12-7-18(13-25(24)34-3)21(14-26(32)35-4)27-23(31)11-10-20-28(33)22(15-36-29(20)27)17-5-8-19(30)9-6-17/h5-13,15-16,21,30-31H,14H2,1-4H3/t21-/m1/s1. The van der Waals surface area contributed by atoms with Crippen molar-refractivity contribution in [2.45, 2.75) is 32.3 Å². The van der Waals surface area contributed by atoms with E-state index in [4.69, 9.17) is 18.6 Å². The number of esters is 1. The van der Waals surface area contributed by atoms with E-state index >= 15 is 0 Å². The summed E-state index contributed by atoms with van der Waals surface area (Å²) >= 11 is 0. The molecule has 0 saturated heterocycles. The lowest BCUT2D eigenvalue weighted by molar-refractivity contribution is -0.140. The second-order valence-electron chi connectivity index (χ2n) is 8.81. The van der Waals surface area contributed by atoms with Crippen LogP contribution in [0.2, 0.25) is 0 Å². The maximum atomic E-state index is 13.4. The predicted octanol–water partition coefficient (Wildman–Crippen LogP) is 5.36. The van der Waals surface area contributed by atoms with Crippen molar-refractivity contribution in [3.63, 3.8) is 0 Å². The van der Waals surface area contributed by atoms with E-state index < -0.39 is 11.9 Å². The zero-order valence-electron chi connectivity index (χ0n) is 21.0. The highest BCUT2D eigenvalue weighted by Gasteiger charge is 2.27. The number of rotatable bonds is 8. The van der Waals surface area contributed by atoms with Crippen molar-refractivity contribution in [2.24, 2.45) is 0 Å². The average molecular weight is 505 g/mol. The van der Waals surface area contributed by atoms with Crippen molar-refractivity contribution in [1.29, 1.82) is 0 Å². The summed E-state index contributed by atoms with van der Waals surface area (Å²) in [6, 6.07) is 14.3. The molecule has 0 bridgehead atoms. The molecule has 0 spiro atoms. The molecule has 0 aliphatic rings. The summed E-state index contributed by atoms with van der Waals surface area (Å²) in [5.41, 5.74) is 1.61. The van der Waals surface area contributed by atoms with E-state index in [0.717, 1.165) is 0 Å². The molecule has 0 aliphatic carbocycles. The lowest BCUT2D eigenvalue weighted by Gasteiger charge is -2.21. The molecule has 8 heteroatoms. The molecule has 8 nitrogen and oxygen atoms in total. The maximum absolute atomic E-state index is 13.4. The molecule has 0 radical (unpaired) electrons. The second kappa shape index (κ2) is 10.7. The lowest BCUT2D eigenvalue weighted by atomic mass is 9.86. The third kappa shape index (κ3) is 5.23. The number of methoxy groups -OCH3 is 2. The topological polar surface area (TPSA) is 115 Å². The Morgan fingerprint density at radius 3 is 2.35 bits per heavy atom. The van der Waals surface area contributed by atoms with Gasteiger partial charge in [-0.25, -0.2) is 0 Å². The summed E-state index contributed by atoms with van der Waals surface area (Å²) in [6.07, 6.45) is 1.11. The van der Waals surface area contributed by atoms with Gasteiger partial charge in [0.05, 0.1) is 37.7 Å². The molecule has 0 aliphatic heterocycles. The molecule has 3 aromatic carbocycles. The molecule has 0 fully saturated rings. The van der Waals surface area contributed by atoms with Gasteiger partial charge < -0.3 is 28.8 Å². The largest absolute Gasteiger partial charge is 0.508 e. The monoisotopic (exact) mass is 504 g/mol. The maximum Gasteiger partial charge on any atom is 0.306 e. The Morgan fingerprint density at radius 1 is 0.973 bits per heavy atom. The van der Waals surface area contributed by atoms with Crippen LogP contribution in [0.25, 0.3) is 22.1 Å². The van der Waals surface area contributed by atoms with E-state index in [0.29, 0.717) is 28.2 Å². The van der Waals surface area contributed by atoms with Crippen LogP contribution in [0.5, 0.6) is 23.0 Å². The normalized spacial score (nSPS) is 11.9. The summed E-state index contributed by atoms with van der Waals surface area (Å²) in [7, 11) is 2.80. The number of phenols is 2. The minimum Gasteiger partial charge on any atom is -0.508 e. The number of hydrogen-bond acceptors (Lipinski definition) is 8. The Bertz CT molecular complexity index is 1480. The van der Waals surface area contributed by atoms with E-state index in [-0.39, 0.29) is 46.0 Å². The molecule has 37 heavy (non-hydrogen) atoms. The number of ether oxygens (including phenoxy) is 3. The van der Waals surface area contributed by atoms with Gasteiger partial charge in [0.1, 0.15) is 23.3 Å². The number of carbonyl (C=O) groups is 1. The smallest absolute Gasteiger partial charge is 0.306 e. The highest BCUT2D eigenvalue weighted by molar-refractivity contribution is 5.87. The highest BCUT2D eigenvalue weighted by atomic mass is 16.5. The van der Waals surface area contributed by atoms with Gasteiger partial charge in [0, 0.05) is 11.5 Å². The first-order valence-electron chi connectivity index (χ1n) is 11.7. The van der Waals surface area contributed by atoms with Crippen LogP contribution in [0.1, 0.15) is 37.3 Å². The van der Waals surface area contributed by atoms with Gasteiger partial charge in [0.25, 0.3) is 0 Å². The first kappa shape index (κ1) is 25.6. The van der Waals surface area contributed by atoms with E-state index in [9.17, 15) is 19.8 Å². The van der Waals surface area contributed by atoms with Crippen LogP contribution in [0.4, 0.5) is 0 Å². The van der Waals surface area contributed by atoms with Crippen LogP contribution in [0.3, 0.4) is 0 Å². The fraction of sp³-hybridized carbons (Fsp3) is 0.241. The molecule has 0 amide bonds. The molecule has 4 rings (SSSR count). The molecule has 1 atom stereocenters. The molecule has 2 N–H and O–H groups in total. The molecule has 4 aromatic rings. The summed E-state index contributed by atoms with van der Waals surface area (Å²) in [6.45, 7) is 3.80. The Labute approximate surface area is 213 Å². The minimum atomic E-state index is -0.721. The third-order valence-corrected chi connectivity index (χ3v) is 6.03. The van der Waals surface area contributed by atoms with Gasteiger partial charge in [-0.2, -0.15) is 0 Å². The third-order valence-electron chi connectivity index (χ3n) is 6.03. The van der Waals surface area contributed by atoms with Gasteiger partial charge >= 0.3 is 5.97 Å². The molecular formula is C29H28O8. The van der Waals surface area contributed by atoms with Gasteiger partial charge in [0.2, 0.25) is 5.43 Å². The number of phenolic OH excluding ortho intramolecular Hbond substituents is 2. The van der Waals surface area contributed by atoms with E-state index in [2.05, 4.69) is 0 Å². The number of fused-ring (bicyclic) bond motifs is 1. The fourth-order valence-electron chi connectivity index (χ4n) is 4.28. The molecule has 1 aromatic heterocycles. The second-order valence-corrected chi connectivity index (χ2v) is 8.81.